The van der Waals surface area contributed by atoms with Gasteiger partial charge in [0.25, 0.3) is 11.8 Å². The highest BCUT2D eigenvalue weighted by atomic mass is 35.5. The van der Waals surface area contributed by atoms with Gasteiger partial charge in [0, 0.05) is 19.5 Å². The van der Waals surface area contributed by atoms with Crippen molar-refractivity contribution in [1.29, 1.82) is 0 Å². The second-order valence-corrected chi connectivity index (χ2v) is 6.86. The van der Waals surface area contributed by atoms with Gasteiger partial charge in [0.15, 0.2) is 0 Å². The van der Waals surface area contributed by atoms with Crippen molar-refractivity contribution in [3.05, 3.63) is 35.9 Å². The topological polar surface area (TPSA) is 87.2 Å². The molecule has 8 nitrogen and oxygen atoms in total. The Morgan fingerprint density at radius 2 is 1.34 bits per heavy atom. The van der Waals surface area contributed by atoms with Crippen LogP contribution in [0.2, 0.25) is 0 Å². The van der Waals surface area contributed by atoms with E-state index in [9.17, 15) is 19.2 Å². The third-order valence-corrected chi connectivity index (χ3v) is 4.85. The maximum atomic E-state index is 12.5. The van der Waals surface area contributed by atoms with Gasteiger partial charge in [0.2, 0.25) is 5.91 Å². The highest BCUT2D eigenvalue weighted by Gasteiger charge is 2.30. The smallest absolute Gasteiger partial charge is 0.306 e. The molecule has 1 fully saturated rings. The summed E-state index contributed by atoms with van der Waals surface area (Å²) in [5, 5.41) is 2.44. The summed E-state index contributed by atoms with van der Waals surface area (Å²) in [6, 6.07) is 9.26. The summed E-state index contributed by atoms with van der Waals surface area (Å²) in [7, 11) is 0. The fraction of sp³-hybridized carbons (Fsp3) is 0.474. The van der Waals surface area contributed by atoms with Gasteiger partial charge in [-0.1, -0.05) is 30.3 Å². The minimum Gasteiger partial charge on any atom is -0.461 e. The van der Waals surface area contributed by atoms with Gasteiger partial charge in [0.1, 0.15) is 18.4 Å². The molecule has 0 atom stereocenters. The number of carbonyl (C=O) groups is 4. The van der Waals surface area contributed by atoms with Crippen molar-refractivity contribution in [2.75, 3.05) is 37.9 Å². The van der Waals surface area contributed by atoms with Crippen LogP contribution in [0, 0.1) is 0 Å². The van der Waals surface area contributed by atoms with E-state index in [0.29, 0.717) is 0 Å². The van der Waals surface area contributed by atoms with Crippen LogP contribution >= 0.6 is 23.2 Å². The van der Waals surface area contributed by atoms with Gasteiger partial charge in [-0.05, 0) is 5.56 Å². The minimum absolute atomic E-state index is 0.0134. The second kappa shape index (κ2) is 11.6. The lowest BCUT2D eigenvalue weighted by molar-refractivity contribution is -0.159. The Labute approximate surface area is 179 Å². The Morgan fingerprint density at radius 3 is 1.86 bits per heavy atom. The number of nitrogens with zero attached hydrogens (tertiary/aromatic N) is 3. The number of halogens is 2. The van der Waals surface area contributed by atoms with Crippen LogP contribution in [0.3, 0.4) is 0 Å². The lowest BCUT2D eigenvalue weighted by atomic mass is 10.2. The van der Waals surface area contributed by atoms with Crippen LogP contribution in [0.25, 0.3) is 0 Å². The van der Waals surface area contributed by atoms with Crippen molar-refractivity contribution in [3.63, 3.8) is 0 Å². The van der Waals surface area contributed by atoms with Gasteiger partial charge in [-0.15, -0.1) is 23.2 Å². The highest BCUT2D eigenvalue weighted by molar-refractivity contribution is 6.28. The van der Waals surface area contributed by atoms with Crippen molar-refractivity contribution in [1.82, 2.24) is 14.9 Å². The molecule has 1 aliphatic rings. The number of carbonyl (C=O) groups excluding carboxylic acids is 4. The quantitative estimate of drug-likeness (QED) is 0.469. The first-order chi connectivity index (χ1) is 14.0. The maximum Gasteiger partial charge on any atom is 0.306 e. The predicted molar refractivity (Wildman–Crippen MR) is 107 cm³/mol. The molecule has 0 spiro atoms. The first kappa shape index (κ1) is 23.0. The summed E-state index contributed by atoms with van der Waals surface area (Å²) in [5.74, 6) is -2.16. The van der Waals surface area contributed by atoms with Crippen molar-refractivity contribution in [3.8, 4) is 0 Å². The molecule has 158 valence electrons. The maximum absolute atomic E-state index is 12.5. The molecule has 0 radical (unpaired) electrons. The van der Waals surface area contributed by atoms with Crippen molar-refractivity contribution in [2.24, 2.45) is 0 Å². The molecular formula is C19H23Cl2N3O5. The van der Waals surface area contributed by atoms with E-state index in [4.69, 9.17) is 27.9 Å². The SMILES string of the molecule is O=C(CCC(=O)N1CCN(C(=O)CCl)N(C(=O)CCl)CC1)OCc1ccccc1. The van der Waals surface area contributed by atoms with Crippen LogP contribution in [-0.2, 0) is 30.5 Å². The van der Waals surface area contributed by atoms with E-state index in [1.807, 2.05) is 30.3 Å². The van der Waals surface area contributed by atoms with E-state index < -0.39 is 17.8 Å². The summed E-state index contributed by atoms with van der Waals surface area (Å²) in [6.45, 7) is 0.860. The van der Waals surface area contributed by atoms with E-state index >= 15 is 0 Å². The van der Waals surface area contributed by atoms with Crippen LogP contribution in [0.15, 0.2) is 30.3 Å². The van der Waals surface area contributed by atoms with Gasteiger partial charge in [-0.2, -0.15) is 0 Å². The van der Waals surface area contributed by atoms with Crippen LogP contribution in [-0.4, -0.2) is 76.5 Å². The van der Waals surface area contributed by atoms with E-state index in [1.165, 1.54) is 14.9 Å². The lowest BCUT2D eigenvalue weighted by Crippen LogP contribution is -2.51. The molecule has 1 aromatic rings. The summed E-state index contributed by atoms with van der Waals surface area (Å²) in [4.78, 5) is 49.9. The number of amides is 3. The Balaban J connectivity index is 1.85. The Hall–Kier alpha value is -2.32. The molecule has 1 heterocycles. The molecule has 10 heteroatoms. The van der Waals surface area contributed by atoms with E-state index in [-0.39, 0.29) is 63.3 Å². The van der Waals surface area contributed by atoms with Crippen LogP contribution in [0.4, 0.5) is 0 Å². The average Bonchev–Trinajstić information content (AvgIpc) is 2.98. The molecular weight excluding hydrogens is 421 g/mol. The van der Waals surface area contributed by atoms with E-state index in [0.717, 1.165) is 5.56 Å². The number of hydrogen-bond acceptors (Lipinski definition) is 5. The number of ether oxygens (including phenoxy) is 1. The molecule has 3 amide bonds. The normalized spacial score (nSPS) is 14.3. The zero-order chi connectivity index (χ0) is 21.2. The van der Waals surface area contributed by atoms with E-state index in [1.54, 1.807) is 0 Å². The van der Waals surface area contributed by atoms with Crippen molar-refractivity contribution >= 4 is 46.9 Å². The zero-order valence-electron chi connectivity index (χ0n) is 15.9. The Bertz CT molecular complexity index is 706. The average molecular weight is 444 g/mol. The molecule has 2 rings (SSSR count). The van der Waals surface area contributed by atoms with Gasteiger partial charge < -0.3 is 9.64 Å². The molecule has 0 bridgehead atoms. The van der Waals surface area contributed by atoms with Crippen LogP contribution < -0.4 is 0 Å². The monoisotopic (exact) mass is 443 g/mol. The fourth-order valence-electron chi connectivity index (χ4n) is 2.87. The summed E-state index contributed by atoms with van der Waals surface area (Å²) < 4.78 is 5.17. The molecule has 0 N–H and O–H groups in total. The number of hydrazine groups is 1. The number of rotatable bonds is 7. The molecule has 29 heavy (non-hydrogen) atoms. The predicted octanol–water partition coefficient (Wildman–Crippen LogP) is 1.40. The fourth-order valence-corrected chi connectivity index (χ4v) is 3.14. The molecule has 1 saturated heterocycles. The number of hydrogen-bond donors (Lipinski definition) is 0. The Kier molecular flexibility index (Phi) is 9.21. The lowest BCUT2D eigenvalue weighted by Gasteiger charge is -2.31. The molecule has 1 aliphatic heterocycles. The number of benzene rings is 1. The van der Waals surface area contributed by atoms with Gasteiger partial charge in [0.05, 0.1) is 19.5 Å². The third-order valence-electron chi connectivity index (χ3n) is 4.40. The molecule has 0 aliphatic carbocycles. The third kappa shape index (κ3) is 6.90. The summed E-state index contributed by atoms with van der Waals surface area (Å²) >= 11 is 11.2. The Morgan fingerprint density at radius 1 is 0.793 bits per heavy atom. The standard InChI is InChI=1S/C19H23Cl2N3O5/c20-12-17(26)23-10-8-22(9-11-24(23)18(27)13-21)16(25)6-7-19(28)29-14-15-4-2-1-3-5-15/h1-5H,6-14H2. The van der Waals surface area contributed by atoms with Crippen LogP contribution in [0.5, 0.6) is 0 Å². The molecule has 0 aromatic heterocycles. The highest BCUT2D eigenvalue weighted by Crippen LogP contribution is 2.11. The van der Waals surface area contributed by atoms with Gasteiger partial charge >= 0.3 is 5.97 Å². The van der Waals surface area contributed by atoms with Crippen molar-refractivity contribution in [2.45, 2.75) is 19.4 Å². The number of alkyl halides is 2. The van der Waals surface area contributed by atoms with Crippen molar-refractivity contribution < 1.29 is 23.9 Å². The molecule has 0 unspecified atom stereocenters. The van der Waals surface area contributed by atoms with E-state index in [2.05, 4.69) is 0 Å². The molecule has 1 aromatic carbocycles. The summed E-state index contributed by atoms with van der Waals surface area (Å²) in [6.07, 6.45) is -0.0582. The van der Waals surface area contributed by atoms with Gasteiger partial charge in [-0.3, -0.25) is 19.2 Å². The van der Waals surface area contributed by atoms with Gasteiger partial charge in [-0.25, -0.2) is 10.0 Å². The summed E-state index contributed by atoms with van der Waals surface area (Å²) in [5.41, 5.74) is 0.868. The number of esters is 1. The zero-order valence-corrected chi connectivity index (χ0v) is 17.4. The minimum atomic E-state index is -0.463. The van der Waals surface area contributed by atoms with Crippen LogP contribution in [0.1, 0.15) is 18.4 Å². The molecule has 0 saturated carbocycles. The first-order valence-electron chi connectivity index (χ1n) is 9.16. The first-order valence-corrected chi connectivity index (χ1v) is 10.2. The largest absolute Gasteiger partial charge is 0.461 e. The second-order valence-electron chi connectivity index (χ2n) is 6.33.